The zero-order valence-corrected chi connectivity index (χ0v) is 16.5. The topological polar surface area (TPSA) is 63.7 Å². The van der Waals surface area contributed by atoms with Gasteiger partial charge in [0.25, 0.3) is 5.91 Å². The number of benzene rings is 2. The second-order valence-corrected chi connectivity index (χ2v) is 6.86. The standard InChI is InChI=1S/C20H21N3O3S/c1-23(2)15-8-6-14(7-9-15)21-19(24)16-12-27-20(22-16)13-5-10-17(25-3)18(11-13)26-4/h5-12H,1-4H3,(H,21,24). The Morgan fingerprint density at radius 3 is 2.37 bits per heavy atom. The van der Waals surface area contributed by atoms with Crippen LogP contribution in [0.3, 0.4) is 0 Å². The van der Waals surface area contributed by atoms with Crippen molar-refractivity contribution in [2.75, 3.05) is 38.5 Å². The number of aromatic nitrogens is 1. The van der Waals surface area contributed by atoms with E-state index < -0.39 is 0 Å². The molecule has 3 rings (SSSR count). The monoisotopic (exact) mass is 383 g/mol. The fourth-order valence-electron chi connectivity index (χ4n) is 2.52. The maximum Gasteiger partial charge on any atom is 0.275 e. The van der Waals surface area contributed by atoms with Crippen LogP contribution in [-0.2, 0) is 0 Å². The van der Waals surface area contributed by atoms with E-state index in [0.29, 0.717) is 17.2 Å². The second-order valence-electron chi connectivity index (χ2n) is 6.00. The third-order valence-electron chi connectivity index (χ3n) is 4.01. The number of anilines is 2. The Hall–Kier alpha value is -3.06. The molecular weight excluding hydrogens is 362 g/mol. The molecule has 0 aliphatic heterocycles. The van der Waals surface area contributed by atoms with E-state index in [1.807, 2.05) is 61.5 Å². The van der Waals surface area contributed by atoms with E-state index in [2.05, 4.69) is 10.3 Å². The number of rotatable bonds is 6. The predicted molar refractivity (Wildman–Crippen MR) is 109 cm³/mol. The first-order valence-electron chi connectivity index (χ1n) is 8.28. The third kappa shape index (κ3) is 4.20. The summed E-state index contributed by atoms with van der Waals surface area (Å²) in [4.78, 5) is 18.9. The fourth-order valence-corrected chi connectivity index (χ4v) is 3.32. The summed E-state index contributed by atoms with van der Waals surface area (Å²) in [6.45, 7) is 0. The Kier molecular flexibility index (Phi) is 5.61. The normalized spacial score (nSPS) is 10.4. The molecule has 0 spiro atoms. The van der Waals surface area contributed by atoms with Crippen molar-refractivity contribution >= 4 is 28.6 Å². The van der Waals surface area contributed by atoms with E-state index in [4.69, 9.17) is 9.47 Å². The first kappa shape index (κ1) is 18.7. The highest BCUT2D eigenvalue weighted by atomic mass is 32.1. The quantitative estimate of drug-likeness (QED) is 0.693. The van der Waals surface area contributed by atoms with Crippen molar-refractivity contribution in [3.8, 4) is 22.1 Å². The summed E-state index contributed by atoms with van der Waals surface area (Å²) in [5.41, 5.74) is 3.04. The fraction of sp³-hybridized carbons (Fsp3) is 0.200. The van der Waals surface area contributed by atoms with Gasteiger partial charge in [-0.25, -0.2) is 4.98 Å². The smallest absolute Gasteiger partial charge is 0.275 e. The number of amides is 1. The molecule has 0 atom stereocenters. The summed E-state index contributed by atoms with van der Waals surface area (Å²) < 4.78 is 10.6. The van der Waals surface area contributed by atoms with Gasteiger partial charge in [0.1, 0.15) is 10.7 Å². The van der Waals surface area contributed by atoms with Crippen LogP contribution in [0.2, 0.25) is 0 Å². The Labute approximate surface area is 162 Å². The maximum atomic E-state index is 12.5. The molecule has 7 heteroatoms. The number of hydrogen-bond donors (Lipinski definition) is 1. The molecule has 0 radical (unpaired) electrons. The van der Waals surface area contributed by atoms with E-state index >= 15 is 0 Å². The van der Waals surface area contributed by atoms with E-state index in [9.17, 15) is 4.79 Å². The largest absolute Gasteiger partial charge is 0.493 e. The molecule has 1 N–H and O–H groups in total. The maximum absolute atomic E-state index is 12.5. The molecule has 0 unspecified atom stereocenters. The molecule has 2 aromatic carbocycles. The Morgan fingerprint density at radius 2 is 1.74 bits per heavy atom. The van der Waals surface area contributed by atoms with Gasteiger partial charge in [-0.3, -0.25) is 4.79 Å². The van der Waals surface area contributed by atoms with Gasteiger partial charge < -0.3 is 19.7 Å². The van der Waals surface area contributed by atoms with Gasteiger partial charge in [-0.2, -0.15) is 0 Å². The van der Waals surface area contributed by atoms with Crippen LogP contribution < -0.4 is 19.7 Å². The van der Waals surface area contributed by atoms with Crippen LogP contribution >= 0.6 is 11.3 Å². The average molecular weight is 383 g/mol. The predicted octanol–water partition coefficient (Wildman–Crippen LogP) is 4.15. The van der Waals surface area contributed by atoms with Crippen molar-refractivity contribution in [2.24, 2.45) is 0 Å². The molecule has 0 bridgehead atoms. The van der Waals surface area contributed by atoms with E-state index in [1.165, 1.54) is 11.3 Å². The first-order chi connectivity index (χ1) is 13.0. The van der Waals surface area contributed by atoms with Gasteiger partial charge in [-0.05, 0) is 42.5 Å². The SMILES string of the molecule is COc1ccc(-c2nc(C(=O)Nc3ccc(N(C)C)cc3)cs2)cc1OC. The molecule has 0 fully saturated rings. The summed E-state index contributed by atoms with van der Waals surface area (Å²) in [7, 11) is 7.12. The van der Waals surface area contributed by atoms with Crippen molar-refractivity contribution in [3.05, 3.63) is 53.5 Å². The minimum Gasteiger partial charge on any atom is -0.493 e. The Bertz CT molecular complexity index is 936. The van der Waals surface area contributed by atoms with Crippen molar-refractivity contribution in [1.82, 2.24) is 4.98 Å². The number of carbonyl (C=O) groups is 1. The number of thiazole rings is 1. The highest BCUT2D eigenvalue weighted by molar-refractivity contribution is 7.13. The van der Waals surface area contributed by atoms with Crippen LogP contribution in [0, 0.1) is 0 Å². The van der Waals surface area contributed by atoms with Crippen LogP contribution in [0.5, 0.6) is 11.5 Å². The van der Waals surface area contributed by atoms with Gasteiger partial charge in [-0.15, -0.1) is 11.3 Å². The molecule has 0 aliphatic carbocycles. The van der Waals surface area contributed by atoms with E-state index in [1.54, 1.807) is 19.6 Å². The minimum absolute atomic E-state index is 0.240. The third-order valence-corrected chi connectivity index (χ3v) is 4.90. The van der Waals surface area contributed by atoms with Crippen molar-refractivity contribution in [1.29, 1.82) is 0 Å². The van der Waals surface area contributed by atoms with Gasteiger partial charge >= 0.3 is 0 Å². The van der Waals surface area contributed by atoms with Crippen LogP contribution in [0.25, 0.3) is 10.6 Å². The molecule has 140 valence electrons. The number of ether oxygens (including phenoxy) is 2. The number of carbonyl (C=O) groups excluding carboxylic acids is 1. The average Bonchev–Trinajstić information content (AvgIpc) is 3.18. The van der Waals surface area contributed by atoms with Gasteiger partial charge in [0, 0.05) is 36.4 Å². The zero-order valence-electron chi connectivity index (χ0n) is 15.6. The van der Waals surface area contributed by atoms with Gasteiger partial charge in [-0.1, -0.05) is 0 Å². The summed E-state index contributed by atoms with van der Waals surface area (Å²) in [6.07, 6.45) is 0. The summed E-state index contributed by atoms with van der Waals surface area (Å²) in [5, 5.41) is 5.36. The van der Waals surface area contributed by atoms with E-state index in [-0.39, 0.29) is 5.91 Å². The van der Waals surface area contributed by atoms with E-state index in [0.717, 1.165) is 21.9 Å². The van der Waals surface area contributed by atoms with Crippen molar-refractivity contribution in [3.63, 3.8) is 0 Å². The highest BCUT2D eigenvalue weighted by Gasteiger charge is 2.14. The lowest BCUT2D eigenvalue weighted by Gasteiger charge is -2.12. The lowest BCUT2D eigenvalue weighted by molar-refractivity contribution is 0.102. The molecule has 27 heavy (non-hydrogen) atoms. The van der Waals surface area contributed by atoms with Crippen LogP contribution in [0.1, 0.15) is 10.5 Å². The van der Waals surface area contributed by atoms with Crippen molar-refractivity contribution < 1.29 is 14.3 Å². The number of hydrogen-bond acceptors (Lipinski definition) is 6. The molecule has 1 aromatic heterocycles. The van der Waals surface area contributed by atoms with Crippen LogP contribution in [0.4, 0.5) is 11.4 Å². The molecule has 1 heterocycles. The summed E-state index contributed by atoms with van der Waals surface area (Å²) >= 11 is 1.41. The summed E-state index contributed by atoms with van der Waals surface area (Å²) in [5.74, 6) is 1.03. The lowest BCUT2D eigenvalue weighted by Crippen LogP contribution is -2.13. The van der Waals surface area contributed by atoms with Gasteiger partial charge in [0.15, 0.2) is 11.5 Å². The van der Waals surface area contributed by atoms with Crippen LogP contribution in [0.15, 0.2) is 47.8 Å². The molecule has 0 saturated heterocycles. The number of nitrogens with one attached hydrogen (secondary N) is 1. The molecular formula is C20H21N3O3S. The molecule has 0 saturated carbocycles. The highest BCUT2D eigenvalue weighted by Crippen LogP contribution is 2.33. The Balaban J connectivity index is 1.76. The molecule has 6 nitrogen and oxygen atoms in total. The molecule has 1 amide bonds. The number of methoxy groups -OCH3 is 2. The second kappa shape index (κ2) is 8.09. The minimum atomic E-state index is -0.240. The lowest BCUT2D eigenvalue weighted by atomic mass is 10.2. The zero-order chi connectivity index (χ0) is 19.4. The van der Waals surface area contributed by atoms with Crippen molar-refractivity contribution in [2.45, 2.75) is 0 Å². The first-order valence-corrected chi connectivity index (χ1v) is 9.16. The molecule has 3 aromatic rings. The van der Waals surface area contributed by atoms with Gasteiger partial charge in [0.2, 0.25) is 0 Å². The molecule has 0 aliphatic rings. The van der Waals surface area contributed by atoms with Gasteiger partial charge in [0.05, 0.1) is 14.2 Å². The number of nitrogens with zero attached hydrogens (tertiary/aromatic N) is 2. The van der Waals surface area contributed by atoms with Crippen LogP contribution in [-0.4, -0.2) is 39.2 Å². The summed E-state index contributed by atoms with van der Waals surface area (Å²) in [6, 6.07) is 13.2. The Morgan fingerprint density at radius 1 is 1.04 bits per heavy atom.